The summed E-state index contributed by atoms with van der Waals surface area (Å²) in [7, 11) is 0. The molecule has 0 fully saturated rings. The van der Waals surface area contributed by atoms with E-state index < -0.39 is 5.97 Å². The van der Waals surface area contributed by atoms with Crippen LogP contribution in [0.2, 0.25) is 0 Å². The molecule has 0 radical (unpaired) electrons. The van der Waals surface area contributed by atoms with Crippen molar-refractivity contribution in [3.63, 3.8) is 0 Å². The molecule has 2 aromatic heterocycles. The van der Waals surface area contributed by atoms with E-state index >= 15 is 0 Å². The van der Waals surface area contributed by atoms with E-state index in [-0.39, 0.29) is 24.1 Å². The first-order chi connectivity index (χ1) is 11.6. The summed E-state index contributed by atoms with van der Waals surface area (Å²) in [6, 6.07) is 9.14. The summed E-state index contributed by atoms with van der Waals surface area (Å²) >= 11 is 2.03. The van der Waals surface area contributed by atoms with E-state index in [1.165, 1.54) is 36.4 Å². The van der Waals surface area contributed by atoms with Crippen LogP contribution in [-0.4, -0.2) is 16.1 Å². The van der Waals surface area contributed by atoms with Crippen LogP contribution in [0.4, 0.5) is 4.39 Å². The van der Waals surface area contributed by atoms with Crippen molar-refractivity contribution >= 4 is 34.6 Å². The van der Waals surface area contributed by atoms with E-state index in [1.54, 1.807) is 12.1 Å². The van der Waals surface area contributed by atoms with Crippen LogP contribution in [0.15, 0.2) is 51.4 Å². The lowest BCUT2D eigenvalue weighted by molar-refractivity contribution is -0.139. The molecule has 1 aromatic carbocycles. The fourth-order valence-electron chi connectivity index (χ4n) is 1.77. The number of carbonyl (C=O) groups excluding carboxylic acids is 1. The summed E-state index contributed by atoms with van der Waals surface area (Å²) in [5, 5.41) is 3.71. The van der Waals surface area contributed by atoms with Crippen LogP contribution in [0.3, 0.4) is 0 Å². The molecule has 0 saturated heterocycles. The van der Waals surface area contributed by atoms with E-state index in [1.807, 2.05) is 22.6 Å². The van der Waals surface area contributed by atoms with Gasteiger partial charge in [-0.1, -0.05) is 5.16 Å². The summed E-state index contributed by atoms with van der Waals surface area (Å²) in [6.45, 7) is -0.135. The van der Waals surface area contributed by atoms with Gasteiger partial charge >= 0.3 is 5.97 Å². The molecule has 0 amide bonds. The second kappa shape index (κ2) is 7.39. The van der Waals surface area contributed by atoms with Crippen molar-refractivity contribution in [2.75, 3.05) is 0 Å². The fourth-order valence-corrected chi connectivity index (χ4v) is 2.21. The fraction of sp³-hybridized carbons (Fsp3) is 0.0625. The Hall–Kier alpha value is -2.49. The lowest BCUT2D eigenvalue weighted by Gasteiger charge is -1.96. The number of hydrogen-bond acceptors (Lipinski definition) is 6. The van der Waals surface area contributed by atoms with Crippen molar-refractivity contribution in [2.24, 2.45) is 0 Å². The molecule has 122 valence electrons. The maximum absolute atomic E-state index is 12.9. The van der Waals surface area contributed by atoms with Gasteiger partial charge in [0.2, 0.25) is 5.82 Å². The SMILES string of the molecule is O=C(/C=C/c1ccc(I)o1)OCc1noc(-c2ccc(F)cc2)n1. The molecule has 6 nitrogen and oxygen atoms in total. The van der Waals surface area contributed by atoms with Gasteiger partial charge in [-0.25, -0.2) is 9.18 Å². The van der Waals surface area contributed by atoms with E-state index in [2.05, 4.69) is 10.1 Å². The molecule has 0 atom stereocenters. The third-order valence-corrected chi connectivity index (χ3v) is 3.46. The Morgan fingerprint density at radius 1 is 1.25 bits per heavy atom. The van der Waals surface area contributed by atoms with E-state index in [9.17, 15) is 9.18 Å². The Bertz CT molecular complexity index is 870. The minimum atomic E-state index is -0.561. The zero-order valence-corrected chi connectivity index (χ0v) is 14.3. The summed E-state index contributed by atoms with van der Waals surface area (Å²) in [5.41, 5.74) is 0.578. The van der Waals surface area contributed by atoms with Crippen LogP contribution in [0.5, 0.6) is 0 Å². The molecule has 3 aromatic rings. The topological polar surface area (TPSA) is 78.4 Å². The smallest absolute Gasteiger partial charge is 0.331 e. The number of halogens is 2. The minimum absolute atomic E-state index is 0.135. The number of rotatable bonds is 5. The van der Waals surface area contributed by atoms with E-state index in [0.717, 1.165) is 3.77 Å². The third-order valence-electron chi connectivity index (χ3n) is 2.88. The predicted octanol–water partition coefficient (Wildman–Crippen LogP) is 3.83. The maximum Gasteiger partial charge on any atom is 0.331 e. The first-order valence-electron chi connectivity index (χ1n) is 6.79. The third kappa shape index (κ3) is 4.28. The van der Waals surface area contributed by atoms with Crippen molar-refractivity contribution in [2.45, 2.75) is 6.61 Å². The Labute approximate surface area is 149 Å². The zero-order valence-electron chi connectivity index (χ0n) is 12.1. The number of ether oxygens (including phenoxy) is 1. The van der Waals surface area contributed by atoms with Crippen molar-refractivity contribution in [3.8, 4) is 11.5 Å². The molecule has 0 aliphatic carbocycles. The van der Waals surface area contributed by atoms with Crippen molar-refractivity contribution < 1.29 is 22.9 Å². The molecule has 0 spiro atoms. The van der Waals surface area contributed by atoms with Gasteiger partial charge in [0.25, 0.3) is 5.89 Å². The molecule has 2 heterocycles. The van der Waals surface area contributed by atoms with Crippen LogP contribution in [0, 0.1) is 9.58 Å². The van der Waals surface area contributed by atoms with Gasteiger partial charge < -0.3 is 13.7 Å². The van der Waals surface area contributed by atoms with Gasteiger partial charge in [-0.2, -0.15) is 4.98 Å². The Morgan fingerprint density at radius 3 is 2.75 bits per heavy atom. The monoisotopic (exact) mass is 440 g/mol. The Morgan fingerprint density at radius 2 is 2.04 bits per heavy atom. The maximum atomic E-state index is 12.9. The molecule has 0 saturated carbocycles. The molecule has 0 aliphatic rings. The second-order valence-electron chi connectivity index (χ2n) is 4.61. The number of carbonyl (C=O) groups is 1. The van der Waals surface area contributed by atoms with Crippen molar-refractivity contribution in [3.05, 3.63) is 63.6 Å². The van der Waals surface area contributed by atoms with Crippen LogP contribution in [0.25, 0.3) is 17.5 Å². The molecule has 0 N–H and O–H groups in total. The highest BCUT2D eigenvalue weighted by atomic mass is 127. The highest BCUT2D eigenvalue weighted by molar-refractivity contribution is 14.1. The zero-order chi connectivity index (χ0) is 16.9. The minimum Gasteiger partial charge on any atom is -0.454 e. The molecular weight excluding hydrogens is 430 g/mol. The standard InChI is InChI=1S/C16H10FIN2O4/c17-11-3-1-10(2-4-11)16-19-14(20-24-16)9-22-15(21)8-6-12-5-7-13(18)23-12/h1-8H,9H2/b8-6+. The second-order valence-corrected chi connectivity index (χ2v) is 5.67. The molecule has 24 heavy (non-hydrogen) atoms. The van der Waals surface area contributed by atoms with Crippen molar-refractivity contribution in [1.29, 1.82) is 0 Å². The number of benzene rings is 1. The molecule has 3 rings (SSSR count). The highest BCUT2D eigenvalue weighted by Crippen LogP contribution is 2.17. The normalized spacial score (nSPS) is 11.1. The summed E-state index contributed by atoms with van der Waals surface area (Å²) in [6.07, 6.45) is 2.75. The number of nitrogens with zero attached hydrogens (tertiary/aromatic N) is 2. The van der Waals surface area contributed by atoms with Gasteiger partial charge in [0.05, 0.1) is 0 Å². The molecule has 0 aliphatic heterocycles. The molecule has 0 bridgehead atoms. The number of esters is 1. The first kappa shape index (κ1) is 16.4. The van der Waals surface area contributed by atoms with Gasteiger partial charge in [0.15, 0.2) is 10.4 Å². The van der Waals surface area contributed by atoms with Crippen LogP contribution in [0.1, 0.15) is 11.6 Å². The van der Waals surface area contributed by atoms with Gasteiger partial charge in [-0.15, -0.1) is 0 Å². The summed E-state index contributed by atoms with van der Waals surface area (Å²) in [4.78, 5) is 15.7. The lowest BCUT2D eigenvalue weighted by atomic mass is 10.2. The van der Waals surface area contributed by atoms with E-state index in [0.29, 0.717) is 11.3 Å². The average Bonchev–Trinajstić information content (AvgIpc) is 3.21. The largest absolute Gasteiger partial charge is 0.454 e. The van der Waals surface area contributed by atoms with Crippen LogP contribution >= 0.6 is 22.6 Å². The number of hydrogen-bond donors (Lipinski definition) is 0. The summed E-state index contributed by atoms with van der Waals surface area (Å²) < 4.78 is 28.9. The predicted molar refractivity (Wildman–Crippen MR) is 89.9 cm³/mol. The summed E-state index contributed by atoms with van der Waals surface area (Å²) in [5.74, 6) is 0.0693. The average molecular weight is 440 g/mol. The van der Waals surface area contributed by atoms with Gasteiger partial charge in [0, 0.05) is 11.6 Å². The highest BCUT2D eigenvalue weighted by Gasteiger charge is 2.10. The first-order valence-corrected chi connectivity index (χ1v) is 7.87. The molecule has 0 unspecified atom stereocenters. The van der Waals surface area contributed by atoms with Gasteiger partial charge in [0.1, 0.15) is 11.6 Å². The lowest BCUT2D eigenvalue weighted by Crippen LogP contribution is -2.01. The Balaban J connectivity index is 1.56. The number of aromatic nitrogens is 2. The Kier molecular flexibility index (Phi) is 5.04. The van der Waals surface area contributed by atoms with Crippen molar-refractivity contribution in [1.82, 2.24) is 10.1 Å². The van der Waals surface area contributed by atoms with Gasteiger partial charge in [-0.05, 0) is 65.1 Å². The number of furan rings is 1. The van der Waals surface area contributed by atoms with Gasteiger partial charge in [-0.3, -0.25) is 0 Å². The van der Waals surface area contributed by atoms with Crippen LogP contribution < -0.4 is 0 Å². The van der Waals surface area contributed by atoms with E-state index in [4.69, 9.17) is 13.7 Å². The molecule has 8 heteroatoms. The quantitative estimate of drug-likeness (QED) is 0.341. The van der Waals surface area contributed by atoms with Crippen LogP contribution in [-0.2, 0) is 16.1 Å². The molecular formula is C16H10FIN2O4.